The Labute approximate surface area is 82.8 Å². The molecule has 0 aromatic rings. The zero-order chi connectivity index (χ0) is 10.2. The minimum atomic E-state index is 0.339. The van der Waals surface area contributed by atoms with Crippen LogP contribution in [0.25, 0.3) is 0 Å². The van der Waals surface area contributed by atoms with Crippen molar-refractivity contribution in [1.29, 1.82) is 0 Å². The largest absolute Gasteiger partial charge is 0.385 e. The van der Waals surface area contributed by atoms with Gasteiger partial charge >= 0.3 is 0 Å². The van der Waals surface area contributed by atoms with Crippen LogP contribution in [0.1, 0.15) is 46.0 Å². The maximum absolute atomic E-state index is 5.84. The SMILES string of the molecule is CCCCC(CC)(CN)CCOC. The molecule has 0 heterocycles. The summed E-state index contributed by atoms with van der Waals surface area (Å²) < 4.78 is 5.13. The first-order valence-electron chi connectivity index (χ1n) is 5.43. The minimum Gasteiger partial charge on any atom is -0.385 e. The lowest BCUT2D eigenvalue weighted by molar-refractivity contribution is 0.127. The molecule has 80 valence electrons. The van der Waals surface area contributed by atoms with Crippen LogP contribution >= 0.6 is 0 Å². The van der Waals surface area contributed by atoms with E-state index < -0.39 is 0 Å². The summed E-state index contributed by atoms with van der Waals surface area (Å²) in [7, 11) is 1.76. The van der Waals surface area contributed by atoms with Gasteiger partial charge in [0.15, 0.2) is 0 Å². The third-order valence-electron chi connectivity index (χ3n) is 3.08. The molecule has 0 bridgehead atoms. The molecule has 0 radical (unpaired) electrons. The first kappa shape index (κ1) is 12.9. The minimum absolute atomic E-state index is 0.339. The predicted octanol–water partition coefficient (Wildman–Crippen LogP) is 2.57. The van der Waals surface area contributed by atoms with E-state index in [0.29, 0.717) is 5.41 Å². The zero-order valence-corrected chi connectivity index (χ0v) is 9.44. The Hall–Kier alpha value is -0.0800. The van der Waals surface area contributed by atoms with Crippen molar-refractivity contribution in [3.05, 3.63) is 0 Å². The second kappa shape index (κ2) is 7.34. The first-order chi connectivity index (χ1) is 6.24. The summed E-state index contributed by atoms with van der Waals surface area (Å²) in [5.41, 5.74) is 6.18. The second-order valence-corrected chi connectivity index (χ2v) is 3.90. The normalized spacial score (nSPS) is 15.7. The van der Waals surface area contributed by atoms with E-state index in [1.54, 1.807) is 7.11 Å². The van der Waals surface area contributed by atoms with Crippen LogP contribution in [0.2, 0.25) is 0 Å². The highest BCUT2D eigenvalue weighted by atomic mass is 16.5. The molecule has 0 aliphatic carbocycles. The van der Waals surface area contributed by atoms with E-state index >= 15 is 0 Å². The smallest absolute Gasteiger partial charge is 0.0468 e. The summed E-state index contributed by atoms with van der Waals surface area (Å²) in [5.74, 6) is 0. The summed E-state index contributed by atoms with van der Waals surface area (Å²) in [5, 5.41) is 0. The average molecular weight is 187 g/mol. The predicted molar refractivity (Wildman–Crippen MR) is 57.8 cm³/mol. The van der Waals surface area contributed by atoms with Crippen molar-refractivity contribution in [3.63, 3.8) is 0 Å². The molecule has 0 aliphatic heterocycles. The number of hydrogen-bond acceptors (Lipinski definition) is 2. The first-order valence-corrected chi connectivity index (χ1v) is 5.43. The van der Waals surface area contributed by atoms with Crippen molar-refractivity contribution < 1.29 is 4.74 Å². The van der Waals surface area contributed by atoms with E-state index in [-0.39, 0.29) is 0 Å². The molecule has 2 heteroatoms. The van der Waals surface area contributed by atoms with Crippen LogP contribution in [-0.2, 0) is 4.74 Å². The molecule has 0 amide bonds. The fourth-order valence-electron chi connectivity index (χ4n) is 1.70. The Kier molecular flexibility index (Phi) is 7.29. The maximum Gasteiger partial charge on any atom is 0.0468 e. The molecule has 1 atom stereocenters. The summed E-state index contributed by atoms with van der Waals surface area (Å²) >= 11 is 0. The molecule has 0 aliphatic rings. The highest BCUT2D eigenvalue weighted by Gasteiger charge is 2.25. The van der Waals surface area contributed by atoms with E-state index in [2.05, 4.69) is 13.8 Å². The molecular formula is C11H25NO. The van der Waals surface area contributed by atoms with Crippen molar-refractivity contribution in [2.75, 3.05) is 20.3 Å². The van der Waals surface area contributed by atoms with Gasteiger partial charge in [-0.2, -0.15) is 0 Å². The number of ether oxygens (including phenoxy) is 1. The number of unbranched alkanes of at least 4 members (excludes halogenated alkanes) is 1. The van der Waals surface area contributed by atoms with Crippen LogP contribution in [0, 0.1) is 5.41 Å². The van der Waals surface area contributed by atoms with Gasteiger partial charge in [-0.1, -0.05) is 26.7 Å². The standard InChI is InChI=1S/C11H25NO/c1-4-6-7-11(5-2,10-12)8-9-13-3/h4-10,12H2,1-3H3. The lowest BCUT2D eigenvalue weighted by atomic mass is 9.77. The van der Waals surface area contributed by atoms with E-state index in [4.69, 9.17) is 10.5 Å². The topological polar surface area (TPSA) is 35.2 Å². The van der Waals surface area contributed by atoms with Crippen molar-refractivity contribution in [2.24, 2.45) is 11.1 Å². The summed E-state index contributed by atoms with van der Waals surface area (Å²) in [6.45, 7) is 6.10. The van der Waals surface area contributed by atoms with E-state index in [1.807, 2.05) is 0 Å². The molecule has 0 aromatic carbocycles. The Bertz CT molecular complexity index is 101. The van der Waals surface area contributed by atoms with Crippen molar-refractivity contribution in [3.8, 4) is 0 Å². The number of nitrogens with two attached hydrogens (primary N) is 1. The molecule has 13 heavy (non-hydrogen) atoms. The van der Waals surface area contributed by atoms with Crippen LogP contribution in [0.4, 0.5) is 0 Å². The van der Waals surface area contributed by atoms with Gasteiger partial charge in [-0.05, 0) is 31.2 Å². The maximum atomic E-state index is 5.84. The van der Waals surface area contributed by atoms with Crippen LogP contribution in [0.3, 0.4) is 0 Å². The molecule has 0 aromatic heterocycles. The molecule has 1 unspecified atom stereocenters. The van der Waals surface area contributed by atoms with Crippen molar-refractivity contribution >= 4 is 0 Å². The Morgan fingerprint density at radius 3 is 2.31 bits per heavy atom. The van der Waals surface area contributed by atoms with Gasteiger partial charge in [-0.3, -0.25) is 0 Å². The zero-order valence-electron chi connectivity index (χ0n) is 9.44. The van der Waals surface area contributed by atoms with Crippen molar-refractivity contribution in [2.45, 2.75) is 46.0 Å². The lowest BCUT2D eigenvalue weighted by Crippen LogP contribution is -2.31. The van der Waals surface area contributed by atoms with Crippen LogP contribution in [0.5, 0.6) is 0 Å². The quantitative estimate of drug-likeness (QED) is 0.634. The second-order valence-electron chi connectivity index (χ2n) is 3.90. The Morgan fingerprint density at radius 1 is 1.23 bits per heavy atom. The van der Waals surface area contributed by atoms with Gasteiger partial charge in [0.1, 0.15) is 0 Å². The van der Waals surface area contributed by atoms with Gasteiger partial charge in [0, 0.05) is 13.7 Å². The van der Waals surface area contributed by atoms with Gasteiger partial charge in [-0.15, -0.1) is 0 Å². The molecular weight excluding hydrogens is 162 g/mol. The summed E-state index contributed by atoms with van der Waals surface area (Å²) in [4.78, 5) is 0. The Morgan fingerprint density at radius 2 is 1.92 bits per heavy atom. The van der Waals surface area contributed by atoms with E-state index in [1.165, 1.54) is 25.7 Å². The highest BCUT2D eigenvalue weighted by Crippen LogP contribution is 2.31. The van der Waals surface area contributed by atoms with Gasteiger partial charge in [0.2, 0.25) is 0 Å². The van der Waals surface area contributed by atoms with Crippen LogP contribution < -0.4 is 5.73 Å². The third kappa shape index (κ3) is 4.63. The van der Waals surface area contributed by atoms with E-state index in [9.17, 15) is 0 Å². The van der Waals surface area contributed by atoms with Gasteiger partial charge in [0.05, 0.1) is 0 Å². The lowest BCUT2D eigenvalue weighted by Gasteiger charge is -2.31. The Balaban J connectivity index is 3.97. The number of methoxy groups -OCH3 is 1. The number of hydrogen-bond donors (Lipinski definition) is 1. The average Bonchev–Trinajstić information content (AvgIpc) is 2.20. The molecule has 0 rings (SSSR count). The highest BCUT2D eigenvalue weighted by molar-refractivity contribution is 4.78. The third-order valence-corrected chi connectivity index (χ3v) is 3.08. The van der Waals surface area contributed by atoms with Gasteiger partial charge < -0.3 is 10.5 Å². The molecule has 0 saturated carbocycles. The molecule has 0 saturated heterocycles. The number of rotatable bonds is 8. The van der Waals surface area contributed by atoms with E-state index in [0.717, 1.165) is 19.6 Å². The fourth-order valence-corrected chi connectivity index (χ4v) is 1.70. The van der Waals surface area contributed by atoms with Crippen LogP contribution in [0.15, 0.2) is 0 Å². The van der Waals surface area contributed by atoms with Gasteiger partial charge in [-0.25, -0.2) is 0 Å². The molecule has 0 fully saturated rings. The van der Waals surface area contributed by atoms with Gasteiger partial charge in [0.25, 0.3) is 0 Å². The fraction of sp³-hybridized carbons (Fsp3) is 1.00. The summed E-state index contributed by atoms with van der Waals surface area (Å²) in [6, 6.07) is 0. The molecule has 2 nitrogen and oxygen atoms in total. The summed E-state index contributed by atoms with van der Waals surface area (Å²) in [6.07, 6.45) is 6.08. The molecule has 0 spiro atoms. The molecule has 2 N–H and O–H groups in total. The van der Waals surface area contributed by atoms with Crippen LogP contribution in [-0.4, -0.2) is 20.3 Å². The monoisotopic (exact) mass is 187 g/mol. The van der Waals surface area contributed by atoms with Crippen molar-refractivity contribution in [1.82, 2.24) is 0 Å².